The van der Waals surface area contributed by atoms with Crippen molar-refractivity contribution in [1.82, 2.24) is 4.98 Å². The largest absolute Gasteiger partial charge is 0.497 e. The molecule has 3 heteroatoms. The third-order valence-electron chi connectivity index (χ3n) is 3.14. The zero-order valence-corrected chi connectivity index (χ0v) is 12.2. The van der Waals surface area contributed by atoms with Crippen molar-refractivity contribution in [3.8, 4) is 17.6 Å². The summed E-state index contributed by atoms with van der Waals surface area (Å²) in [5.74, 6) is 7.16. The SMILES string of the molecule is COc1ccc(C#Cc2ccnc3cc(Cl)ccc23)cc1. The first-order valence-corrected chi connectivity index (χ1v) is 6.84. The fraction of sp³-hybridized carbons (Fsp3) is 0.0556. The number of aromatic nitrogens is 1. The van der Waals surface area contributed by atoms with Crippen molar-refractivity contribution in [2.24, 2.45) is 0 Å². The van der Waals surface area contributed by atoms with E-state index in [0.29, 0.717) is 5.02 Å². The molecule has 2 nitrogen and oxygen atoms in total. The second kappa shape index (κ2) is 5.87. The maximum atomic E-state index is 5.98. The average molecular weight is 294 g/mol. The van der Waals surface area contributed by atoms with E-state index in [1.165, 1.54) is 0 Å². The molecule has 3 rings (SSSR count). The highest BCUT2D eigenvalue weighted by molar-refractivity contribution is 6.31. The van der Waals surface area contributed by atoms with Crippen molar-refractivity contribution in [2.75, 3.05) is 7.11 Å². The molecule has 1 aromatic heterocycles. The molecular weight excluding hydrogens is 282 g/mol. The first-order chi connectivity index (χ1) is 10.3. The van der Waals surface area contributed by atoms with Gasteiger partial charge in [-0.1, -0.05) is 29.5 Å². The summed E-state index contributed by atoms with van der Waals surface area (Å²) >= 11 is 5.98. The van der Waals surface area contributed by atoms with Crippen LogP contribution in [0.25, 0.3) is 10.9 Å². The van der Waals surface area contributed by atoms with Crippen molar-refractivity contribution in [1.29, 1.82) is 0 Å². The lowest BCUT2D eigenvalue weighted by Crippen LogP contribution is -1.84. The number of fused-ring (bicyclic) bond motifs is 1. The van der Waals surface area contributed by atoms with Gasteiger partial charge in [-0.3, -0.25) is 4.98 Å². The summed E-state index contributed by atoms with van der Waals surface area (Å²) in [6.45, 7) is 0. The molecule has 0 radical (unpaired) electrons. The van der Waals surface area contributed by atoms with Gasteiger partial charge in [0.1, 0.15) is 5.75 Å². The summed E-state index contributed by atoms with van der Waals surface area (Å²) in [5.41, 5.74) is 2.73. The van der Waals surface area contributed by atoms with Crippen LogP contribution in [0.3, 0.4) is 0 Å². The van der Waals surface area contributed by atoms with Gasteiger partial charge >= 0.3 is 0 Å². The maximum absolute atomic E-state index is 5.98. The molecule has 0 aliphatic heterocycles. The van der Waals surface area contributed by atoms with E-state index in [0.717, 1.165) is 27.8 Å². The van der Waals surface area contributed by atoms with Gasteiger partial charge in [0.15, 0.2) is 0 Å². The third kappa shape index (κ3) is 2.99. The summed E-state index contributed by atoms with van der Waals surface area (Å²) in [6, 6.07) is 15.2. The van der Waals surface area contributed by atoms with Gasteiger partial charge in [-0.2, -0.15) is 0 Å². The van der Waals surface area contributed by atoms with Gasteiger partial charge in [-0.15, -0.1) is 0 Å². The topological polar surface area (TPSA) is 22.1 Å². The van der Waals surface area contributed by atoms with E-state index in [-0.39, 0.29) is 0 Å². The van der Waals surface area contributed by atoms with Gasteiger partial charge in [0.25, 0.3) is 0 Å². The van der Waals surface area contributed by atoms with Crippen LogP contribution in [0.1, 0.15) is 11.1 Å². The first-order valence-electron chi connectivity index (χ1n) is 6.46. The lowest BCUT2D eigenvalue weighted by atomic mass is 10.1. The molecule has 0 saturated heterocycles. The highest BCUT2D eigenvalue weighted by atomic mass is 35.5. The monoisotopic (exact) mass is 293 g/mol. The predicted molar refractivity (Wildman–Crippen MR) is 85.7 cm³/mol. The van der Waals surface area contributed by atoms with Gasteiger partial charge in [0.05, 0.1) is 12.6 Å². The number of ether oxygens (including phenoxy) is 1. The number of hydrogen-bond acceptors (Lipinski definition) is 2. The smallest absolute Gasteiger partial charge is 0.118 e. The second-order valence-electron chi connectivity index (χ2n) is 4.50. The summed E-state index contributed by atoms with van der Waals surface area (Å²) in [4.78, 5) is 4.31. The van der Waals surface area contributed by atoms with E-state index < -0.39 is 0 Å². The number of nitrogens with zero attached hydrogens (tertiary/aromatic N) is 1. The highest BCUT2D eigenvalue weighted by Crippen LogP contribution is 2.20. The standard InChI is InChI=1S/C18H12ClNO/c1-21-16-7-3-13(4-8-16)2-5-14-10-11-20-18-12-15(19)6-9-17(14)18/h3-4,6-12H,1H3. The van der Waals surface area contributed by atoms with Gasteiger partial charge in [-0.25, -0.2) is 0 Å². The molecule has 102 valence electrons. The molecule has 0 amide bonds. The lowest BCUT2D eigenvalue weighted by molar-refractivity contribution is 0.415. The number of benzene rings is 2. The molecule has 0 spiro atoms. The average Bonchev–Trinajstić information content (AvgIpc) is 2.53. The summed E-state index contributed by atoms with van der Waals surface area (Å²) in [5, 5.41) is 1.68. The van der Waals surface area contributed by atoms with Crippen LogP contribution in [0.5, 0.6) is 5.75 Å². The van der Waals surface area contributed by atoms with Crippen LogP contribution >= 0.6 is 11.6 Å². The molecule has 21 heavy (non-hydrogen) atoms. The van der Waals surface area contributed by atoms with Crippen molar-refractivity contribution in [3.05, 3.63) is 70.9 Å². The Kier molecular flexibility index (Phi) is 3.77. The first kappa shape index (κ1) is 13.5. The minimum Gasteiger partial charge on any atom is -0.497 e. The summed E-state index contributed by atoms with van der Waals surface area (Å²) in [6.07, 6.45) is 1.75. The van der Waals surface area contributed by atoms with Gasteiger partial charge < -0.3 is 4.74 Å². The molecule has 1 heterocycles. The Morgan fingerprint density at radius 1 is 1.00 bits per heavy atom. The Morgan fingerprint density at radius 2 is 1.81 bits per heavy atom. The fourth-order valence-electron chi connectivity index (χ4n) is 2.04. The van der Waals surface area contributed by atoms with E-state index in [2.05, 4.69) is 16.8 Å². The molecule has 0 atom stereocenters. The summed E-state index contributed by atoms with van der Waals surface area (Å²) in [7, 11) is 1.65. The van der Waals surface area contributed by atoms with Crippen LogP contribution in [-0.2, 0) is 0 Å². The number of pyridine rings is 1. The van der Waals surface area contributed by atoms with Crippen molar-refractivity contribution < 1.29 is 4.74 Å². The van der Waals surface area contributed by atoms with E-state index in [9.17, 15) is 0 Å². The highest BCUT2D eigenvalue weighted by Gasteiger charge is 2.00. The van der Waals surface area contributed by atoms with Crippen LogP contribution in [-0.4, -0.2) is 12.1 Å². The van der Waals surface area contributed by atoms with Gasteiger partial charge in [-0.05, 0) is 42.5 Å². The fourth-order valence-corrected chi connectivity index (χ4v) is 2.21. The van der Waals surface area contributed by atoms with Crippen molar-refractivity contribution in [2.45, 2.75) is 0 Å². The zero-order valence-electron chi connectivity index (χ0n) is 11.4. The Bertz CT molecular complexity index is 844. The van der Waals surface area contributed by atoms with Crippen LogP contribution in [0, 0.1) is 11.8 Å². The Balaban J connectivity index is 2.00. The normalized spacial score (nSPS) is 10.0. The number of halogens is 1. The second-order valence-corrected chi connectivity index (χ2v) is 4.93. The molecule has 0 N–H and O–H groups in total. The number of hydrogen-bond donors (Lipinski definition) is 0. The molecule has 0 unspecified atom stereocenters. The van der Waals surface area contributed by atoms with Crippen LogP contribution in [0.15, 0.2) is 54.7 Å². The van der Waals surface area contributed by atoms with Gasteiger partial charge in [0, 0.05) is 27.7 Å². The molecule has 0 fully saturated rings. The minimum absolute atomic E-state index is 0.676. The van der Waals surface area contributed by atoms with Crippen LogP contribution in [0.2, 0.25) is 5.02 Å². The molecule has 0 saturated carbocycles. The predicted octanol–water partition coefficient (Wildman–Crippen LogP) is 4.30. The molecule has 2 aromatic carbocycles. The maximum Gasteiger partial charge on any atom is 0.118 e. The molecule has 3 aromatic rings. The van der Waals surface area contributed by atoms with E-state index >= 15 is 0 Å². The zero-order chi connectivity index (χ0) is 14.7. The van der Waals surface area contributed by atoms with Crippen molar-refractivity contribution in [3.63, 3.8) is 0 Å². The molecule has 0 aliphatic rings. The van der Waals surface area contributed by atoms with Crippen LogP contribution < -0.4 is 4.74 Å². The van der Waals surface area contributed by atoms with Crippen LogP contribution in [0.4, 0.5) is 0 Å². The number of methoxy groups -OCH3 is 1. The minimum atomic E-state index is 0.676. The Morgan fingerprint density at radius 3 is 2.57 bits per heavy atom. The molecule has 0 aliphatic carbocycles. The Hall–Kier alpha value is -2.50. The van der Waals surface area contributed by atoms with Gasteiger partial charge in [0.2, 0.25) is 0 Å². The number of rotatable bonds is 1. The van der Waals surface area contributed by atoms with Crippen molar-refractivity contribution >= 4 is 22.5 Å². The third-order valence-corrected chi connectivity index (χ3v) is 3.37. The molecule has 0 bridgehead atoms. The summed E-state index contributed by atoms with van der Waals surface area (Å²) < 4.78 is 5.13. The van der Waals surface area contributed by atoms with E-state index in [1.54, 1.807) is 13.3 Å². The lowest BCUT2D eigenvalue weighted by Gasteiger charge is -2.00. The van der Waals surface area contributed by atoms with E-state index in [1.807, 2.05) is 48.5 Å². The van der Waals surface area contributed by atoms with E-state index in [4.69, 9.17) is 16.3 Å². The molecular formula is C18H12ClNO. The Labute approximate surface area is 128 Å². The quantitative estimate of drug-likeness (QED) is 0.624.